The summed E-state index contributed by atoms with van der Waals surface area (Å²) in [6.45, 7) is 5.34. The molecule has 0 aromatic heterocycles. The van der Waals surface area contributed by atoms with Crippen LogP contribution in [0.5, 0.6) is 5.75 Å². The van der Waals surface area contributed by atoms with Gasteiger partial charge in [0, 0.05) is 30.6 Å². The molecule has 174 valence electrons. The number of ether oxygens (including phenoxy) is 1. The minimum atomic E-state index is -3.76. The number of rotatable bonds is 4. The number of methoxy groups -OCH3 is 1. The number of nitrogens with zero attached hydrogens (tertiary/aromatic N) is 2. The number of piperidine rings is 1. The molecule has 0 unspecified atom stereocenters. The predicted molar refractivity (Wildman–Crippen MR) is 126 cm³/mol. The van der Waals surface area contributed by atoms with Crippen molar-refractivity contribution >= 4 is 26.7 Å². The first-order chi connectivity index (χ1) is 15.3. The Bertz CT molecular complexity index is 1010. The fraction of sp³-hybridized carbons (Fsp3) is 0.583. The molecule has 3 aliphatic rings. The third-order valence-corrected chi connectivity index (χ3v) is 8.49. The number of hydrogen-bond donors (Lipinski definition) is 1. The lowest BCUT2D eigenvalue weighted by Crippen LogP contribution is -2.46. The average Bonchev–Trinajstić information content (AvgIpc) is 3.04. The molecule has 1 aromatic carbocycles. The molecule has 1 aliphatic carbocycles. The summed E-state index contributed by atoms with van der Waals surface area (Å²) in [4.78, 5) is 15.0. The van der Waals surface area contributed by atoms with E-state index in [1.165, 1.54) is 12.8 Å². The van der Waals surface area contributed by atoms with Crippen molar-refractivity contribution in [3.63, 3.8) is 0 Å². The molecule has 0 radical (unpaired) electrons. The number of sulfonamides is 1. The monoisotopic (exact) mass is 459 g/mol. The van der Waals surface area contributed by atoms with Gasteiger partial charge < -0.3 is 15.0 Å². The minimum absolute atomic E-state index is 0.0189. The molecule has 0 atom stereocenters. The van der Waals surface area contributed by atoms with E-state index in [1.807, 2.05) is 11.8 Å². The predicted octanol–water partition coefficient (Wildman–Crippen LogP) is 3.58. The van der Waals surface area contributed by atoms with Crippen LogP contribution in [0.2, 0.25) is 0 Å². The second-order valence-corrected chi connectivity index (χ2v) is 10.8. The summed E-state index contributed by atoms with van der Waals surface area (Å²) in [7, 11) is -2.18. The molecule has 1 N–H and O–H groups in total. The fourth-order valence-electron chi connectivity index (χ4n) is 5.00. The molecule has 1 amide bonds. The average molecular weight is 460 g/mol. The van der Waals surface area contributed by atoms with Crippen LogP contribution in [0.3, 0.4) is 0 Å². The highest BCUT2D eigenvalue weighted by Crippen LogP contribution is 2.35. The van der Waals surface area contributed by atoms with E-state index in [0.29, 0.717) is 54.7 Å². The van der Waals surface area contributed by atoms with Gasteiger partial charge in [-0.05, 0) is 81.2 Å². The van der Waals surface area contributed by atoms with E-state index in [4.69, 9.17) is 4.74 Å². The summed E-state index contributed by atoms with van der Waals surface area (Å²) in [6.07, 6.45) is 5.91. The smallest absolute Gasteiger partial charge is 0.285 e. The lowest BCUT2D eigenvalue weighted by molar-refractivity contribution is -0.127. The van der Waals surface area contributed by atoms with Gasteiger partial charge in [-0.2, -0.15) is 8.42 Å². The molecule has 0 bridgehead atoms. The Balaban J connectivity index is 1.40. The van der Waals surface area contributed by atoms with Gasteiger partial charge in [-0.1, -0.05) is 6.92 Å². The van der Waals surface area contributed by atoms with Gasteiger partial charge in [0.05, 0.1) is 7.11 Å². The fourth-order valence-corrected chi connectivity index (χ4v) is 6.49. The lowest BCUT2D eigenvalue weighted by atomic mass is 9.86. The Morgan fingerprint density at radius 1 is 1.06 bits per heavy atom. The van der Waals surface area contributed by atoms with E-state index >= 15 is 0 Å². The molecular formula is C24H33N3O4S. The number of likely N-dealkylation sites (tertiary alicyclic amines) is 1. The molecule has 2 fully saturated rings. The highest BCUT2D eigenvalue weighted by atomic mass is 32.2. The molecule has 32 heavy (non-hydrogen) atoms. The highest BCUT2D eigenvalue weighted by Gasteiger charge is 2.36. The van der Waals surface area contributed by atoms with Gasteiger partial charge in [0.25, 0.3) is 10.0 Å². The van der Waals surface area contributed by atoms with E-state index in [2.05, 4.69) is 16.6 Å². The number of amidine groups is 1. The maximum Gasteiger partial charge on any atom is 0.285 e. The summed E-state index contributed by atoms with van der Waals surface area (Å²) in [5, 5.41) is 3.25. The van der Waals surface area contributed by atoms with Crippen LogP contribution < -0.4 is 10.1 Å². The van der Waals surface area contributed by atoms with Crippen molar-refractivity contribution in [3.8, 4) is 5.75 Å². The first-order valence-electron chi connectivity index (χ1n) is 11.5. The molecule has 0 spiro atoms. The standard InChI is InChI=1S/C24H33N3O4S/c1-16-4-8-20(9-5-16)25-24(28)19-12-14-27(15-13-19)23-17(2)22(32(29,30)26-23)18-6-10-21(31-3)11-7-18/h6-7,10-11,16,19-20H,4-5,8-9,12-15H2,1-3H3,(H,25,28). The van der Waals surface area contributed by atoms with Gasteiger partial charge in [-0.15, -0.1) is 4.40 Å². The van der Waals surface area contributed by atoms with Gasteiger partial charge in [-0.25, -0.2) is 0 Å². The van der Waals surface area contributed by atoms with Crippen molar-refractivity contribution in [2.45, 2.75) is 58.4 Å². The zero-order valence-electron chi connectivity index (χ0n) is 19.1. The van der Waals surface area contributed by atoms with Crippen molar-refractivity contribution in [3.05, 3.63) is 35.4 Å². The van der Waals surface area contributed by atoms with Crippen LogP contribution in [0.15, 0.2) is 34.2 Å². The van der Waals surface area contributed by atoms with Crippen LogP contribution in [0.1, 0.15) is 57.9 Å². The van der Waals surface area contributed by atoms with Crippen molar-refractivity contribution in [2.24, 2.45) is 16.2 Å². The maximum absolute atomic E-state index is 12.8. The summed E-state index contributed by atoms with van der Waals surface area (Å²) in [5.74, 6) is 2.07. The van der Waals surface area contributed by atoms with E-state index in [0.717, 1.165) is 18.8 Å². The third-order valence-electron chi connectivity index (χ3n) is 7.02. The van der Waals surface area contributed by atoms with E-state index in [9.17, 15) is 13.2 Å². The number of benzene rings is 1. The summed E-state index contributed by atoms with van der Waals surface area (Å²) in [6, 6.07) is 7.30. The van der Waals surface area contributed by atoms with Crippen molar-refractivity contribution < 1.29 is 17.9 Å². The topological polar surface area (TPSA) is 88.1 Å². The van der Waals surface area contributed by atoms with Crippen molar-refractivity contribution in [1.82, 2.24) is 10.2 Å². The second-order valence-electron chi connectivity index (χ2n) is 9.30. The lowest BCUT2D eigenvalue weighted by Gasteiger charge is -2.34. The number of carbonyl (C=O) groups excluding carboxylic acids is 1. The molecule has 4 rings (SSSR count). The van der Waals surface area contributed by atoms with Crippen LogP contribution in [-0.4, -0.2) is 51.3 Å². The zero-order chi connectivity index (χ0) is 22.9. The van der Waals surface area contributed by atoms with Crippen LogP contribution in [0.4, 0.5) is 0 Å². The Morgan fingerprint density at radius 2 is 1.69 bits per heavy atom. The second kappa shape index (κ2) is 9.25. The van der Waals surface area contributed by atoms with Gasteiger partial charge in [0.15, 0.2) is 0 Å². The molecule has 2 heterocycles. The Morgan fingerprint density at radius 3 is 2.28 bits per heavy atom. The zero-order valence-corrected chi connectivity index (χ0v) is 20.0. The normalized spacial score (nSPS) is 26.1. The molecule has 1 saturated heterocycles. The molecular weight excluding hydrogens is 426 g/mol. The van der Waals surface area contributed by atoms with Gasteiger partial charge in [0.2, 0.25) is 5.91 Å². The van der Waals surface area contributed by atoms with Crippen LogP contribution >= 0.6 is 0 Å². The van der Waals surface area contributed by atoms with E-state index in [1.54, 1.807) is 31.4 Å². The Labute approximate surface area is 191 Å². The minimum Gasteiger partial charge on any atom is -0.497 e. The SMILES string of the molecule is COc1ccc(C2=C(C)C(N3CCC(C(=O)NC4CCC(C)CC4)CC3)=NS2(=O)=O)cc1. The van der Waals surface area contributed by atoms with Crippen LogP contribution in [0, 0.1) is 11.8 Å². The van der Waals surface area contributed by atoms with Crippen LogP contribution in [-0.2, 0) is 14.8 Å². The summed E-state index contributed by atoms with van der Waals surface area (Å²) >= 11 is 0. The molecule has 1 aromatic rings. The third kappa shape index (κ3) is 4.70. The number of nitrogens with one attached hydrogen (secondary N) is 1. The number of carbonyl (C=O) groups is 1. The summed E-state index contributed by atoms with van der Waals surface area (Å²) < 4.78 is 34.9. The maximum atomic E-state index is 12.8. The van der Waals surface area contributed by atoms with E-state index in [-0.39, 0.29) is 16.7 Å². The molecule has 1 saturated carbocycles. The van der Waals surface area contributed by atoms with Gasteiger partial charge in [0.1, 0.15) is 16.5 Å². The quantitative estimate of drug-likeness (QED) is 0.744. The number of amides is 1. The van der Waals surface area contributed by atoms with Crippen molar-refractivity contribution in [1.29, 1.82) is 0 Å². The number of hydrogen-bond acceptors (Lipinski definition) is 5. The van der Waals surface area contributed by atoms with Gasteiger partial charge in [-0.3, -0.25) is 4.79 Å². The Hall–Kier alpha value is -2.35. The largest absolute Gasteiger partial charge is 0.497 e. The van der Waals surface area contributed by atoms with E-state index < -0.39 is 10.0 Å². The Kier molecular flexibility index (Phi) is 6.60. The first-order valence-corrected chi connectivity index (χ1v) is 13.0. The van der Waals surface area contributed by atoms with Gasteiger partial charge >= 0.3 is 0 Å². The molecule has 7 nitrogen and oxygen atoms in total. The molecule has 8 heteroatoms. The first kappa shape index (κ1) is 22.8. The van der Waals surface area contributed by atoms with Crippen LogP contribution in [0.25, 0.3) is 4.91 Å². The highest BCUT2D eigenvalue weighted by molar-refractivity contribution is 8.00. The molecule has 2 aliphatic heterocycles. The van der Waals surface area contributed by atoms with Crippen molar-refractivity contribution in [2.75, 3.05) is 20.2 Å². The summed E-state index contributed by atoms with van der Waals surface area (Å²) in [5.41, 5.74) is 1.27.